The van der Waals surface area contributed by atoms with Crippen molar-refractivity contribution in [1.82, 2.24) is 9.97 Å². The lowest BCUT2D eigenvalue weighted by Gasteiger charge is -2.11. The van der Waals surface area contributed by atoms with E-state index in [0.29, 0.717) is 12.0 Å². The molecule has 5 heteroatoms. The Morgan fingerprint density at radius 2 is 1.86 bits per heavy atom. The van der Waals surface area contributed by atoms with Crippen LogP contribution in [0, 0.1) is 6.92 Å². The largest absolute Gasteiger partial charge is 0.491 e. The van der Waals surface area contributed by atoms with Crippen molar-refractivity contribution in [3.8, 4) is 5.75 Å². The normalized spacial score (nSPS) is 14.0. The van der Waals surface area contributed by atoms with Gasteiger partial charge in [-0.05, 0) is 57.9 Å². The summed E-state index contributed by atoms with van der Waals surface area (Å²) in [5, 5.41) is 6.64. The van der Waals surface area contributed by atoms with Gasteiger partial charge < -0.3 is 15.4 Å². The molecule has 1 heterocycles. The SMILES string of the molecule is Cc1cc(NC2CC2)nc(Nc2ccc(OC(C)C)cc2)n1. The van der Waals surface area contributed by atoms with Gasteiger partial charge in [0.25, 0.3) is 0 Å². The van der Waals surface area contributed by atoms with Crippen molar-refractivity contribution in [2.75, 3.05) is 10.6 Å². The van der Waals surface area contributed by atoms with Crippen molar-refractivity contribution in [2.45, 2.75) is 45.8 Å². The molecule has 1 aliphatic carbocycles. The molecule has 0 aliphatic heterocycles. The third kappa shape index (κ3) is 4.10. The number of aromatic nitrogens is 2. The maximum atomic E-state index is 5.64. The topological polar surface area (TPSA) is 59.1 Å². The summed E-state index contributed by atoms with van der Waals surface area (Å²) >= 11 is 0. The van der Waals surface area contributed by atoms with Gasteiger partial charge in [0, 0.05) is 23.5 Å². The van der Waals surface area contributed by atoms with Crippen LogP contribution in [-0.2, 0) is 0 Å². The van der Waals surface area contributed by atoms with Gasteiger partial charge in [0.15, 0.2) is 0 Å². The van der Waals surface area contributed by atoms with E-state index in [1.165, 1.54) is 12.8 Å². The van der Waals surface area contributed by atoms with Crippen LogP contribution in [0.2, 0.25) is 0 Å². The number of nitrogens with one attached hydrogen (secondary N) is 2. The highest BCUT2D eigenvalue weighted by atomic mass is 16.5. The lowest BCUT2D eigenvalue weighted by molar-refractivity contribution is 0.242. The lowest BCUT2D eigenvalue weighted by atomic mass is 10.3. The predicted octanol–water partition coefficient (Wildman–Crippen LogP) is 3.89. The molecule has 0 amide bonds. The summed E-state index contributed by atoms with van der Waals surface area (Å²) in [6.45, 7) is 6.01. The Hall–Kier alpha value is -2.30. The molecule has 22 heavy (non-hydrogen) atoms. The fourth-order valence-corrected chi connectivity index (χ4v) is 2.15. The number of aryl methyl sites for hydroxylation is 1. The first-order chi connectivity index (χ1) is 10.6. The zero-order valence-electron chi connectivity index (χ0n) is 13.3. The highest BCUT2D eigenvalue weighted by Crippen LogP contribution is 2.25. The first kappa shape index (κ1) is 14.6. The van der Waals surface area contributed by atoms with Crippen LogP contribution in [0.15, 0.2) is 30.3 Å². The Bertz CT molecular complexity index is 636. The molecule has 0 spiro atoms. The molecular formula is C17H22N4O. The van der Waals surface area contributed by atoms with Gasteiger partial charge in [0.1, 0.15) is 11.6 Å². The van der Waals surface area contributed by atoms with Crippen LogP contribution in [-0.4, -0.2) is 22.1 Å². The zero-order chi connectivity index (χ0) is 15.5. The molecule has 0 saturated heterocycles. The van der Waals surface area contributed by atoms with Crippen LogP contribution in [0.25, 0.3) is 0 Å². The third-order valence-corrected chi connectivity index (χ3v) is 3.27. The Balaban J connectivity index is 1.70. The van der Waals surface area contributed by atoms with Crippen molar-refractivity contribution in [3.63, 3.8) is 0 Å². The Labute approximate surface area is 131 Å². The van der Waals surface area contributed by atoms with E-state index in [1.54, 1.807) is 0 Å². The second-order valence-electron chi connectivity index (χ2n) is 5.95. The minimum atomic E-state index is 0.176. The van der Waals surface area contributed by atoms with Gasteiger partial charge in [-0.1, -0.05) is 0 Å². The molecule has 1 fully saturated rings. The van der Waals surface area contributed by atoms with Gasteiger partial charge in [-0.15, -0.1) is 0 Å². The first-order valence-corrected chi connectivity index (χ1v) is 7.74. The number of hydrogen-bond donors (Lipinski definition) is 2. The summed E-state index contributed by atoms with van der Waals surface area (Å²) in [7, 11) is 0. The summed E-state index contributed by atoms with van der Waals surface area (Å²) in [6, 6.07) is 10.4. The molecule has 0 atom stereocenters. The van der Waals surface area contributed by atoms with Crippen LogP contribution < -0.4 is 15.4 Å². The van der Waals surface area contributed by atoms with E-state index in [2.05, 4.69) is 20.6 Å². The van der Waals surface area contributed by atoms with Crippen molar-refractivity contribution in [2.24, 2.45) is 0 Å². The van der Waals surface area contributed by atoms with Gasteiger partial charge in [0.2, 0.25) is 5.95 Å². The molecule has 3 rings (SSSR count). The maximum Gasteiger partial charge on any atom is 0.229 e. The average Bonchev–Trinajstić information content (AvgIpc) is 3.24. The quantitative estimate of drug-likeness (QED) is 0.847. The van der Waals surface area contributed by atoms with Crippen molar-refractivity contribution >= 4 is 17.5 Å². The van der Waals surface area contributed by atoms with Gasteiger partial charge in [-0.2, -0.15) is 4.98 Å². The minimum absolute atomic E-state index is 0.176. The number of anilines is 3. The summed E-state index contributed by atoms with van der Waals surface area (Å²) < 4.78 is 5.64. The second-order valence-corrected chi connectivity index (χ2v) is 5.95. The molecule has 5 nitrogen and oxygen atoms in total. The lowest BCUT2D eigenvalue weighted by Crippen LogP contribution is -2.07. The smallest absolute Gasteiger partial charge is 0.229 e. The number of hydrogen-bond acceptors (Lipinski definition) is 5. The minimum Gasteiger partial charge on any atom is -0.491 e. The number of ether oxygens (including phenoxy) is 1. The molecule has 2 N–H and O–H groups in total. The molecule has 1 aliphatic rings. The molecule has 1 saturated carbocycles. The fourth-order valence-electron chi connectivity index (χ4n) is 2.15. The fraction of sp³-hybridized carbons (Fsp3) is 0.412. The van der Waals surface area contributed by atoms with E-state index < -0.39 is 0 Å². The predicted molar refractivity (Wildman–Crippen MR) is 88.9 cm³/mol. The van der Waals surface area contributed by atoms with Crippen molar-refractivity contribution in [1.29, 1.82) is 0 Å². The van der Waals surface area contributed by atoms with Crippen molar-refractivity contribution < 1.29 is 4.74 Å². The van der Waals surface area contributed by atoms with Gasteiger partial charge in [-0.3, -0.25) is 0 Å². The standard InChI is InChI=1S/C17H22N4O/c1-11(2)22-15-8-6-14(7-9-15)20-17-18-12(3)10-16(21-17)19-13-4-5-13/h6-11,13H,4-5H2,1-3H3,(H2,18,19,20,21). The third-order valence-electron chi connectivity index (χ3n) is 3.27. The highest BCUT2D eigenvalue weighted by Gasteiger charge is 2.21. The number of benzene rings is 1. The number of rotatable bonds is 6. The van der Waals surface area contributed by atoms with Gasteiger partial charge >= 0.3 is 0 Å². The van der Waals surface area contributed by atoms with Crippen LogP contribution in [0.1, 0.15) is 32.4 Å². The van der Waals surface area contributed by atoms with E-state index in [-0.39, 0.29) is 6.10 Å². The van der Waals surface area contributed by atoms with Crippen LogP contribution in [0.5, 0.6) is 5.75 Å². The average molecular weight is 298 g/mol. The van der Waals surface area contributed by atoms with Crippen LogP contribution >= 0.6 is 0 Å². The summed E-state index contributed by atoms with van der Waals surface area (Å²) in [5.41, 5.74) is 1.89. The van der Waals surface area contributed by atoms with E-state index >= 15 is 0 Å². The zero-order valence-corrected chi connectivity index (χ0v) is 13.3. The molecule has 2 aromatic rings. The molecule has 1 aromatic heterocycles. The maximum absolute atomic E-state index is 5.64. The van der Waals surface area contributed by atoms with E-state index in [4.69, 9.17) is 4.74 Å². The highest BCUT2D eigenvalue weighted by molar-refractivity contribution is 5.56. The Kier molecular flexibility index (Phi) is 4.13. The summed E-state index contributed by atoms with van der Waals surface area (Å²) in [5.74, 6) is 2.36. The molecule has 116 valence electrons. The molecule has 0 bridgehead atoms. The molecule has 0 unspecified atom stereocenters. The Morgan fingerprint density at radius 3 is 2.50 bits per heavy atom. The summed E-state index contributed by atoms with van der Waals surface area (Å²) in [6.07, 6.45) is 2.63. The second kappa shape index (κ2) is 6.22. The van der Waals surface area contributed by atoms with Gasteiger partial charge in [0.05, 0.1) is 6.10 Å². The Morgan fingerprint density at radius 1 is 1.14 bits per heavy atom. The van der Waals surface area contributed by atoms with Crippen molar-refractivity contribution in [3.05, 3.63) is 36.0 Å². The molecular weight excluding hydrogens is 276 g/mol. The summed E-state index contributed by atoms with van der Waals surface area (Å²) in [4.78, 5) is 8.95. The van der Waals surface area contributed by atoms with E-state index in [9.17, 15) is 0 Å². The number of nitrogens with zero attached hydrogens (tertiary/aromatic N) is 2. The van der Waals surface area contributed by atoms with E-state index in [1.807, 2.05) is 51.1 Å². The first-order valence-electron chi connectivity index (χ1n) is 7.74. The van der Waals surface area contributed by atoms with E-state index in [0.717, 1.165) is 22.9 Å². The molecule has 1 aromatic carbocycles. The molecule has 0 radical (unpaired) electrons. The van der Waals surface area contributed by atoms with Crippen LogP contribution in [0.3, 0.4) is 0 Å². The van der Waals surface area contributed by atoms with Crippen LogP contribution in [0.4, 0.5) is 17.5 Å². The monoisotopic (exact) mass is 298 g/mol. The van der Waals surface area contributed by atoms with Gasteiger partial charge in [-0.25, -0.2) is 4.98 Å².